The van der Waals surface area contributed by atoms with Crippen molar-refractivity contribution in [2.24, 2.45) is 0 Å². The topological polar surface area (TPSA) is 191 Å². The Bertz CT molecular complexity index is 1130. The van der Waals surface area contributed by atoms with Crippen LogP contribution in [-0.2, 0) is 43.0 Å². The van der Waals surface area contributed by atoms with Crippen LogP contribution in [0.25, 0.3) is 0 Å². The molecule has 0 saturated carbocycles. The molecule has 0 saturated heterocycles. The van der Waals surface area contributed by atoms with E-state index < -0.39 is 24.0 Å². The number of unbranched alkanes of at least 4 members (excludes halogenated alkanes) is 42. The Kier molecular flexibility index (Phi) is 71.9. The number of esters is 3. The van der Waals surface area contributed by atoms with Gasteiger partial charge in [-0.25, -0.2) is 0 Å². The van der Waals surface area contributed by atoms with Gasteiger partial charge >= 0.3 is 17.9 Å². The van der Waals surface area contributed by atoms with E-state index in [-0.39, 0.29) is 31.1 Å². The molecular weight excluding hydrogens is 949 g/mol. The number of carbonyl (C=O) groups is 6. The van der Waals surface area contributed by atoms with Crippen LogP contribution < -0.4 is 0 Å². The van der Waals surface area contributed by atoms with E-state index in [1.165, 1.54) is 231 Å². The van der Waals surface area contributed by atoms with E-state index in [4.69, 9.17) is 43.9 Å². The zero-order chi connectivity index (χ0) is 56.5. The summed E-state index contributed by atoms with van der Waals surface area (Å²) in [4.78, 5) is 65.1. The largest absolute Gasteiger partial charge is 0.481 e. The molecule has 75 heavy (non-hydrogen) atoms. The third-order valence-electron chi connectivity index (χ3n) is 13.1. The second kappa shape index (κ2) is 68.8. The zero-order valence-electron chi connectivity index (χ0n) is 49.9. The van der Waals surface area contributed by atoms with Gasteiger partial charge in [-0.05, 0) is 19.3 Å². The van der Waals surface area contributed by atoms with E-state index >= 15 is 0 Å². The van der Waals surface area contributed by atoms with Crippen molar-refractivity contribution in [3.05, 3.63) is 0 Å². The van der Waals surface area contributed by atoms with E-state index in [0.29, 0.717) is 19.3 Å². The summed E-state index contributed by atoms with van der Waals surface area (Å²) >= 11 is 0. The molecular formula is C63H122O12. The number of rotatable bonds is 53. The molecule has 12 nitrogen and oxygen atoms in total. The Labute approximate surface area is 461 Å². The van der Waals surface area contributed by atoms with Crippen LogP contribution in [0.1, 0.15) is 350 Å². The van der Waals surface area contributed by atoms with Crippen molar-refractivity contribution in [2.75, 3.05) is 13.2 Å². The third kappa shape index (κ3) is 87.8. The lowest BCUT2D eigenvalue weighted by atomic mass is 10.0. The molecule has 0 aliphatic heterocycles. The average Bonchev–Trinajstić information content (AvgIpc) is 3.35. The SMILES string of the molecule is CC(=O)O.CC(=O)O.CC(=O)O.CCCCCCCCCCCCCCCCCC(=O)OCC(COC(=O)CCCCCCCCCCCCCCCCC)OC(=O)CCCCCCCCCCCCCCCCC. The van der Waals surface area contributed by atoms with E-state index in [1.807, 2.05) is 0 Å². The van der Waals surface area contributed by atoms with Gasteiger partial charge < -0.3 is 29.5 Å². The number of hydrogen-bond donors (Lipinski definition) is 3. The second-order valence-corrected chi connectivity index (χ2v) is 21.1. The highest BCUT2D eigenvalue weighted by atomic mass is 16.6. The van der Waals surface area contributed by atoms with Crippen LogP contribution >= 0.6 is 0 Å². The number of carboxylic acid groups (broad SMARTS) is 3. The first-order valence-electron chi connectivity index (χ1n) is 31.3. The maximum absolute atomic E-state index is 12.8. The highest BCUT2D eigenvalue weighted by molar-refractivity contribution is 5.71. The number of ether oxygens (including phenoxy) is 3. The molecule has 0 spiro atoms. The van der Waals surface area contributed by atoms with Gasteiger partial charge in [0.1, 0.15) is 13.2 Å². The fraction of sp³-hybridized carbons (Fsp3) is 0.905. The van der Waals surface area contributed by atoms with Crippen LogP contribution in [0.3, 0.4) is 0 Å². The molecule has 12 heteroatoms. The smallest absolute Gasteiger partial charge is 0.306 e. The van der Waals surface area contributed by atoms with Gasteiger partial charge in [-0.1, -0.05) is 290 Å². The van der Waals surface area contributed by atoms with Crippen LogP contribution in [-0.4, -0.2) is 70.5 Å². The van der Waals surface area contributed by atoms with Crippen molar-refractivity contribution in [2.45, 2.75) is 356 Å². The van der Waals surface area contributed by atoms with Gasteiger partial charge in [0.05, 0.1) is 0 Å². The summed E-state index contributed by atoms with van der Waals surface area (Å²) in [6.45, 7) is 9.96. The number of hydrogen-bond acceptors (Lipinski definition) is 9. The summed E-state index contributed by atoms with van der Waals surface area (Å²) < 4.78 is 16.9. The van der Waals surface area contributed by atoms with Crippen LogP contribution in [0.2, 0.25) is 0 Å². The van der Waals surface area contributed by atoms with Crippen molar-refractivity contribution < 1.29 is 58.3 Å². The molecule has 0 bridgehead atoms. The average molecular weight is 1070 g/mol. The fourth-order valence-electron chi connectivity index (χ4n) is 8.80. The van der Waals surface area contributed by atoms with Crippen molar-refractivity contribution in [1.29, 1.82) is 0 Å². The van der Waals surface area contributed by atoms with Gasteiger partial charge in [0.2, 0.25) is 0 Å². The van der Waals surface area contributed by atoms with Crippen LogP contribution in [0.15, 0.2) is 0 Å². The standard InChI is InChI=1S/C57H110O6.3C2H4O2/c1-4-7-10-13-16-19-22-25-28-31-34-37-40-43-46-49-55(58)61-52-54(63-57(60)51-48-45-42-39-36-33-30-27-24-21-18-15-12-9-6-3)53-62-56(59)50-47-44-41-38-35-32-29-26-23-20-17-14-11-8-5-2;3*1-2(3)4/h54H,4-53H2,1-3H3;3*1H3,(H,3,4). The monoisotopic (exact) mass is 1070 g/mol. The minimum Gasteiger partial charge on any atom is -0.481 e. The van der Waals surface area contributed by atoms with Gasteiger partial charge in [0, 0.05) is 40.0 Å². The van der Waals surface area contributed by atoms with Gasteiger partial charge in [-0.2, -0.15) is 0 Å². The van der Waals surface area contributed by atoms with Gasteiger partial charge in [0.25, 0.3) is 17.9 Å². The third-order valence-corrected chi connectivity index (χ3v) is 13.1. The van der Waals surface area contributed by atoms with E-state index in [2.05, 4.69) is 20.8 Å². The van der Waals surface area contributed by atoms with E-state index in [1.54, 1.807) is 0 Å². The van der Waals surface area contributed by atoms with Crippen LogP contribution in [0, 0.1) is 0 Å². The van der Waals surface area contributed by atoms with Gasteiger partial charge in [0.15, 0.2) is 6.10 Å². The molecule has 0 aromatic carbocycles. The van der Waals surface area contributed by atoms with E-state index in [0.717, 1.165) is 78.6 Å². The Morgan fingerprint density at radius 2 is 0.413 bits per heavy atom. The highest BCUT2D eigenvalue weighted by Crippen LogP contribution is 2.18. The second-order valence-electron chi connectivity index (χ2n) is 21.1. The summed E-state index contributed by atoms with van der Waals surface area (Å²) in [6.07, 6.45) is 58.0. The molecule has 0 atom stereocenters. The van der Waals surface area contributed by atoms with Crippen molar-refractivity contribution >= 4 is 35.8 Å². The Morgan fingerprint density at radius 1 is 0.267 bits per heavy atom. The number of aliphatic carboxylic acids is 3. The highest BCUT2D eigenvalue weighted by Gasteiger charge is 2.19. The number of carbonyl (C=O) groups excluding carboxylic acids is 3. The Balaban J connectivity index is -0.00000188. The molecule has 0 fully saturated rings. The zero-order valence-corrected chi connectivity index (χ0v) is 49.9. The first-order valence-corrected chi connectivity index (χ1v) is 31.3. The predicted molar refractivity (Wildman–Crippen MR) is 310 cm³/mol. The molecule has 0 aliphatic rings. The van der Waals surface area contributed by atoms with Crippen molar-refractivity contribution in [3.63, 3.8) is 0 Å². The van der Waals surface area contributed by atoms with Crippen LogP contribution in [0.4, 0.5) is 0 Å². The van der Waals surface area contributed by atoms with Crippen molar-refractivity contribution in [3.8, 4) is 0 Å². The maximum atomic E-state index is 12.8. The quantitative estimate of drug-likeness (QED) is 0.0297. The molecule has 0 rings (SSSR count). The van der Waals surface area contributed by atoms with Crippen molar-refractivity contribution in [1.82, 2.24) is 0 Å². The predicted octanol–water partition coefficient (Wildman–Crippen LogP) is 19.0. The first kappa shape index (κ1) is 78.3. The molecule has 0 aromatic heterocycles. The molecule has 0 radical (unpaired) electrons. The summed E-state index contributed by atoms with van der Waals surface area (Å²) in [5, 5.41) is 22.2. The van der Waals surface area contributed by atoms with Gasteiger partial charge in [-0.15, -0.1) is 0 Å². The molecule has 0 aliphatic carbocycles. The summed E-state index contributed by atoms with van der Waals surface area (Å²) in [5.41, 5.74) is 0. The molecule has 0 heterocycles. The summed E-state index contributed by atoms with van der Waals surface area (Å²) in [5.74, 6) is -3.33. The summed E-state index contributed by atoms with van der Waals surface area (Å²) in [7, 11) is 0. The molecule has 0 aromatic rings. The minimum absolute atomic E-state index is 0.0611. The lowest BCUT2D eigenvalue weighted by Crippen LogP contribution is -2.30. The van der Waals surface area contributed by atoms with Gasteiger partial charge in [-0.3, -0.25) is 28.8 Å². The Morgan fingerprint density at radius 3 is 0.587 bits per heavy atom. The fourth-order valence-corrected chi connectivity index (χ4v) is 8.80. The molecule has 3 N–H and O–H groups in total. The van der Waals surface area contributed by atoms with E-state index in [9.17, 15) is 14.4 Å². The maximum Gasteiger partial charge on any atom is 0.306 e. The van der Waals surface area contributed by atoms with Crippen LogP contribution in [0.5, 0.6) is 0 Å². The minimum atomic E-state index is -0.833. The molecule has 0 unspecified atom stereocenters. The summed E-state index contributed by atoms with van der Waals surface area (Å²) in [6, 6.07) is 0. The first-order chi connectivity index (χ1) is 36.2. The lowest BCUT2D eigenvalue weighted by Gasteiger charge is -2.18. The number of carboxylic acids is 3. The Hall–Kier alpha value is -3.18. The lowest BCUT2D eigenvalue weighted by molar-refractivity contribution is -0.167. The molecule has 0 amide bonds. The normalized spacial score (nSPS) is 10.6. The molecule has 446 valence electrons.